The summed E-state index contributed by atoms with van der Waals surface area (Å²) in [5, 5.41) is 17.1. The molecule has 4 rings (SSSR count). The zero-order valence-corrected chi connectivity index (χ0v) is 17.2. The molecule has 0 bridgehead atoms. The first-order chi connectivity index (χ1) is 14.3. The Bertz CT molecular complexity index is 1170. The number of carbonyl (C=O) groups excluding carboxylic acids is 1. The van der Waals surface area contributed by atoms with E-state index >= 15 is 0 Å². The second-order valence-electron chi connectivity index (χ2n) is 6.55. The fraction of sp³-hybridized carbons (Fsp3) is 0.222. The molecule has 0 radical (unpaired) electrons. The standard InChI is InChI=1S/C18H17N5O5S2/c24-17(20-8-7-19-13-3-1-2-4-14(13)23(25)26)12-5-6-15-16(11-12)29-18-21-30(27,28)10-9-22(15)18/h1-6,11,19H,7-10H2,(H,20,24). The molecule has 2 aromatic carbocycles. The van der Waals surface area contributed by atoms with Gasteiger partial charge in [0.1, 0.15) is 5.69 Å². The van der Waals surface area contributed by atoms with Gasteiger partial charge in [-0.05, 0) is 36.0 Å². The maximum absolute atomic E-state index is 12.5. The van der Waals surface area contributed by atoms with Crippen molar-refractivity contribution in [3.63, 3.8) is 0 Å². The molecule has 2 aromatic rings. The molecule has 2 aliphatic heterocycles. The maximum atomic E-state index is 12.5. The first-order valence-corrected chi connectivity index (χ1v) is 11.4. The molecule has 0 saturated carbocycles. The number of nitro groups is 1. The molecular weight excluding hydrogens is 430 g/mol. The van der Waals surface area contributed by atoms with Gasteiger partial charge in [0.25, 0.3) is 21.6 Å². The van der Waals surface area contributed by atoms with E-state index in [0.29, 0.717) is 29.5 Å². The van der Waals surface area contributed by atoms with Gasteiger partial charge in [-0.1, -0.05) is 12.1 Å². The molecule has 10 nitrogen and oxygen atoms in total. The quantitative estimate of drug-likeness (QED) is 0.390. The average molecular weight is 447 g/mol. The van der Waals surface area contributed by atoms with Gasteiger partial charge < -0.3 is 15.5 Å². The van der Waals surface area contributed by atoms with Gasteiger partial charge in [0.05, 0.1) is 16.4 Å². The van der Waals surface area contributed by atoms with E-state index in [1.54, 1.807) is 36.4 Å². The Morgan fingerprint density at radius 1 is 1.23 bits per heavy atom. The summed E-state index contributed by atoms with van der Waals surface area (Å²) in [5.41, 5.74) is 1.64. The van der Waals surface area contributed by atoms with Crippen molar-refractivity contribution in [3.8, 4) is 0 Å². The van der Waals surface area contributed by atoms with Crippen molar-refractivity contribution in [1.82, 2.24) is 5.32 Å². The Hall–Kier alpha value is -3.12. The van der Waals surface area contributed by atoms with E-state index in [4.69, 9.17) is 0 Å². The highest BCUT2D eigenvalue weighted by atomic mass is 32.2. The fourth-order valence-corrected chi connectivity index (χ4v) is 5.43. The molecule has 0 spiro atoms. The number of thioether (sulfide) groups is 1. The average Bonchev–Trinajstić information content (AvgIpc) is 3.06. The van der Waals surface area contributed by atoms with E-state index < -0.39 is 14.9 Å². The number of sulfonamides is 1. The number of fused-ring (bicyclic) bond motifs is 3. The zero-order valence-electron chi connectivity index (χ0n) is 15.6. The van der Waals surface area contributed by atoms with Crippen LogP contribution in [0, 0.1) is 10.1 Å². The Kier molecular flexibility index (Phi) is 5.35. The van der Waals surface area contributed by atoms with Crippen molar-refractivity contribution in [1.29, 1.82) is 0 Å². The lowest BCUT2D eigenvalue weighted by Gasteiger charge is -2.22. The van der Waals surface area contributed by atoms with Crippen molar-refractivity contribution < 1.29 is 18.1 Å². The molecule has 30 heavy (non-hydrogen) atoms. The maximum Gasteiger partial charge on any atom is 0.292 e. The molecule has 1 amide bonds. The first-order valence-electron chi connectivity index (χ1n) is 9.02. The third-order valence-corrected chi connectivity index (χ3v) is 6.87. The number of nitrogens with one attached hydrogen (secondary N) is 2. The minimum atomic E-state index is -3.43. The van der Waals surface area contributed by atoms with E-state index in [9.17, 15) is 23.3 Å². The largest absolute Gasteiger partial charge is 0.378 e. The molecule has 0 fully saturated rings. The summed E-state index contributed by atoms with van der Waals surface area (Å²) >= 11 is 1.22. The third kappa shape index (κ3) is 4.09. The summed E-state index contributed by atoms with van der Waals surface area (Å²) in [6.07, 6.45) is 0. The number of para-hydroxylation sites is 2. The second kappa shape index (κ2) is 7.95. The molecule has 156 valence electrons. The van der Waals surface area contributed by atoms with Crippen molar-refractivity contribution in [3.05, 3.63) is 58.1 Å². The number of nitrogens with zero attached hydrogens (tertiary/aromatic N) is 3. The fourth-order valence-electron chi connectivity index (χ4n) is 3.13. The molecule has 0 aliphatic carbocycles. The van der Waals surface area contributed by atoms with Crippen LogP contribution >= 0.6 is 11.8 Å². The van der Waals surface area contributed by atoms with Crippen molar-refractivity contribution in [2.24, 2.45) is 4.40 Å². The number of nitro benzene ring substituents is 1. The van der Waals surface area contributed by atoms with Crippen molar-refractivity contribution in [2.75, 3.05) is 35.6 Å². The van der Waals surface area contributed by atoms with Crippen LogP contribution in [0.25, 0.3) is 0 Å². The van der Waals surface area contributed by atoms with Gasteiger partial charge in [-0.2, -0.15) is 0 Å². The lowest BCUT2D eigenvalue weighted by atomic mass is 10.2. The predicted molar refractivity (Wildman–Crippen MR) is 115 cm³/mol. The lowest BCUT2D eigenvalue weighted by molar-refractivity contribution is -0.384. The summed E-state index contributed by atoms with van der Waals surface area (Å²) in [4.78, 5) is 25.6. The van der Waals surface area contributed by atoms with E-state index in [2.05, 4.69) is 15.0 Å². The van der Waals surface area contributed by atoms with E-state index in [-0.39, 0.29) is 23.9 Å². The lowest BCUT2D eigenvalue weighted by Crippen LogP contribution is -2.35. The van der Waals surface area contributed by atoms with Gasteiger partial charge in [-0.3, -0.25) is 14.9 Å². The van der Waals surface area contributed by atoms with Crippen molar-refractivity contribution in [2.45, 2.75) is 4.90 Å². The van der Waals surface area contributed by atoms with Crippen LogP contribution in [0.2, 0.25) is 0 Å². The number of hydrogen-bond acceptors (Lipinski definition) is 8. The van der Waals surface area contributed by atoms with Crippen LogP contribution in [-0.2, 0) is 10.0 Å². The molecule has 0 atom stereocenters. The Morgan fingerprint density at radius 2 is 2.03 bits per heavy atom. The minimum Gasteiger partial charge on any atom is -0.378 e. The van der Waals surface area contributed by atoms with Gasteiger partial charge in [-0.25, -0.2) is 8.42 Å². The molecule has 12 heteroatoms. The van der Waals surface area contributed by atoms with Crippen LogP contribution in [0.15, 0.2) is 51.8 Å². The topological polar surface area (TPSA) is 134 Å². The van der Waals surface area contributed by atoms with Gasteiger partial charge in [0, 0.05) is 36.2 Å². The Labute approximate surface area is 176 Å². The first kappa shape index (κ1) is 20.2. The molecule has 2 heterocycles. The highest BCUT2D eigenvalue weighted by Gasteiger charge is 2.33. The van der Waals surface area contributed by atoms with Crippen LogP contribution < -0.4 is 15.5 Å². The normalized spacial score (nSPS) is 16.3. The van der Waals surface area contributed by atoms with Gasteiger partial charge in [0.2, 0.25) is 0 Å². The van der Waals surface area contributed by atoms with E-state index in [1.807, 2.05) is 4.90 Å². The SMILES string of the molecule is O=C(NCCNc1ccccc1[N+](=O)[O-])c1ccc2c(c1)SC1=NS(=O)(=O)CCN12. The molecule has 0 unspecified atom stereocenters. The summed E-state index contributed by atoms with van der Waals surface area (Å²) in [5.74, 6) is -0.326. The molecule has 0 aromatic heterocycles. The van der Waals surface area contributed by atoms with Gasteiger partial charge in [-0.15, -0.1) is 4.40 Å². The molecule has 2 aliphatic rings. The van der Waals surface area contributed by atoms with Crippen LogP contribution in [0.5, 0.6) is 0 Å². The van der Waals surface area contributed by atoms with Crippen LogP contribution in [0.3, 0.4) is 0 Å². The number of anilines is 2. The van der Waals surface area contributed by atoms with Crippen LogP contribution in [0.4, 0.5) is 17.1 Å². The summed E-state index contributed by atoms with van der Waals surface area (Å²) in [7, 11) is -3.43. The van der Waals surface area contributed by atoms with E-state index in [0.717, 1.165) is 10.6 Å². The number of amidine groups is 1. The van der Waals surface area contributed by atoms with Gasteiger partial charge in [0.15, 0.2) is 5.17 Å². The monoisotopic (exact) mass is 447 g/mol. The Balaban J connectivity index is 1.37. The summed E-state index contributed by atoms with van der Waals surface area (Å²) in [6, 6.07) is 11.5. The number of amides is 1. The number of benzene rings is 2. The molecule has 0 saturated heterocycles. The smallest absolute Gasteiger partial charge is 0.292 e. The zero-order chi connectivity index (χ0) is 21.3. The Morgan fingerprint density at radius 3 is 2.83 bits per heavy atom. The summed E-state index contributed by atoms with van der Waals surface area (Å²) in [6.45, 7) is 0.926. The van der Waals surface area contributed by atoms with E-state index in [1.165, 1.54) is 17.8 Å². The number of hydrogen-bond donors (Lipinski definition) is 2. The third-order valence-electron chi connectivity index (χ3n) is 4.56. The highest BCUT2D eigenvalue weighted by Crippen LogP contribution is 2.42. The number of carbonyl (C=O) groups is 1. The second-order valence-corrected chi connectivity index (χ2v) is 9.32. The summed E-state index contributed by atoms with van der Waals surface area (Å²) < 4.78 is 27.2. The minimum absolute atomic E-state index is 0.0270. The molecular formula is C18H17N5O5S2. The van der Waals surface area contributed by atoms with Crippen LogP contribution in [0.1, 0.15) is 10.4 Å². The predicted octanol–water partition coefficient (Wildman–Crippen LogP) is 2.05. The highest BCUT2D eigenvalue weighted by molar-refractivity contribution is 8.15. The van der Waals surface area contributed by atoms with Crippen LogP contribution in [-0.4, -0.2) is 49.8 Å². The number of rotatable bonds is 6. The molecule has 2 N–H and O–H groups in total. The van der Waals surface area contributed by atoms with Crippen molar-refractivity contribution >= 4 is 49.9 Å². The van der Waals surface area contributed by atoms with Gasteiger partial charge >= 0.3 is 0 Å².